The van der Waals surface area contributed by atoms with Gasteiger partial charge in [0.15, 0.2) is 0 Å². The molecule has 0 aromatic carbocycles. The van der Waals surface area contributed by atoms with E-state index in [1.54, 1.807) is 0 Å². The van der Waals surface area contributed by atoms with Gasteiger partial charge >= 0.3 is 0 Å². The first-order valence-electron chi connectivity index (χ1n) is 5.06. The maximum Gasteiger partial charge on any atom is 0.246 e. The Morgan fingerprint density at radius 2 is 2.06 bits per heavy atom. The zero-order valence-corrected chi connectivity index (χ0v) is 10.7. The van der Waals surface area contributed by atoms with Crippen molar-refractivity contribution in [1.82, 2.24) is 9.71 Å². The second-order valence-corrected chi connectivity index (χ2v) is 6.03. The molecule has 0 aliphatic carbocycles. The Kier molecular flexibility index (Phi) is 3.75. The van der Waals surface area contributed by atoms with Gasteiger partial charge < -0.3 is 10.1 Å². The summed E-state index contributed by atoms with van der Waals surface area (Å²) in [5, 5.41) is 9.45. The summed E-state index contributed by atoms with van der Waals surface area (Å²) in [5.74, 6) is 0. The Hall–Kier alpha value is -1.18. The summed E-state index contributed by atoms with van der Waals surface area (Å²) in [4.78, 5) is 13.6. The molecule has 1 aromatic rings. The summed E-state index contributed by atoms with van der Waals surface area (Å²) in [6.07, 6.45) is 1.57. The normalized spacial score (nSPS) is 14.6. The minimum atomic E-state index is -3.95. The Morgan fingerprint density at radius 1 is 1.47 bits per heavy atom. The summed E-state index contributed by atoms with van der Waals surface area (Å²) < 4.78 is 26.2. The highest BCUT2D eigenvalue weighted by Gasteiger charge is 2.31. The van der Waals surface area contributed by atoms with Crippen molar-refractivity contribution in [3.63, 3.8) is 0 Å². The fourth-order valence-corrected chi connectivity index (χ4v) is 2.63. The smallest absolute Gasteiger partial charge is 0.246 e. The minimum absolute atomic E-state index is 0.367. The topological polar surface area (TPSA) is 99.3 Å². The number of hydrogen-bond donors (Lipinski definition) is 3. The van der Waals surface area contributed by atoms with Crippen molar-refractivity contribution in [1.29, 1.82) is 0 Å². The molecule has 0 amide bonds. The summed E-state index contributed by atoms with van der Waals surface area (Å²) >= 11 is 0. The first-order valence-corrected chi connectivity index (χ1v) is 6.54. The van der Waals surface area contributed by atoms with E-state index in [4.69, 9.17) is 0 Å². The van der Waals surface area contributed by atoms with E-state index in [1.165, 1.54) is 27.0 Å². The fraction of sp³-hybridized carbons (Fsp3) is 0.500. The van der Waals surface area contributed by atoms with Gasteiger partial charge in [-0.2, -0.15) is 0 Å². The molecule has 0 saturated carbocycles. The highest BCUT2D eigenvalue weighted by molar-refractivity contribution is 7.89. The van der Waals surface area contributed by atoms with Crippen molar-refractivity contribution in [2.75, 3.05) is 0 Å². The van der Waals surface area contributed by atoms with Crippen LogP contribution in [0.4, 0.5) is 0 Å². The number of aromatic amines is 1. The van der Waals surface area contributed by atoms with Crippen molar-refractivity contribution in [2.45, 2.75) is 37.3 Å². The van der Waals surface area contributed by atoms with Crippen LogP contribution in [-0.4, -0.2) is 30.2 Å². The van der Waals surface area contributed by atoms with Crippen LogP contribution in [0.5, 0.6) is 0 Å². The highest BCUT2D eigenvalue weighted by Crippen LogP contribution is 2.13. The number of aromatic nitrogens is 1. The third kappa shape index (κ3) is 3.15. The number of pyridine rings is 1. The molecular formula is C10H16N2O4S. The minimum Gasteiger partial charge on any atom is -0.391 e. The van der Waals surface area contributed by atoms with Crippen molar-refractivity contribution in [2.24, 2.45) is 0 Å². The lowest BCUT2D eigenvalue weighted by Gasteiger charge is -2.28. The fourth-order valence-electron chi connectivity index (χ4n) is 1.10. The predicted molar refractivity (Wildman–Crippen MR) is 63.1 cm³/mol. The Labute approximate surface area is 99.7 Å². The van der Waals surface area contributed by atoms with Crippen LogP contribution < -0.4 is 10.2 Å². The van der Waals surface area contributed by atoms with Crippen LogP contribution in [0.15, 0.2) is 28.2 Å². The third-order valence-electron chi connectivity index (χ3n) is 2.52. The number of rotatable bonds is 4. The van der Waals surface area contributed by atoms with Crippen molar-refractivity contribution in [3.8, 4) is 0 Å². The highest BCUT2D eigenvalue weighted by atomic mass is 32.2. The molecule has 3 N–H and O–H groups in total. The van der Waals surface area contributed by atoms with Crippen molar-refractivity contribution >= 4 is 10.0 Å². The largest absolute Gasteiger partial charge is 0.391 e. The molecule has 0 aliphatic heterocycles. The summed E-state index contributed by atoms with van der Waals surface area (Å²) in [6, 6.07) is 1.13. The number of H-pyrrole nitrogens is 1. The number of nitrogens with one attached hydrogen (secondary N) is 2. The molecule has 17 heavy (non-hydrogen) atoms. The predicted octanol–water partition coefficient (Wildman–Crippen LogP) is -0.187. The molecule has 6 nitrogen and oxygen atoms in total. The van der Waals surface area contributed by atoms with Crippen LogP contribution in [0.25, 0.3) is 0 Å². The van der Waals surface area contributed by atoms with Crippen LogP contribution in [0.2, 0.25) is 0 Å². The Balaban J connectivity index is 3.15. The molecule has 7 heteroatoms. The molecular weight excluding hydrogens is 244 g/mol. The summed E-state index contributed by atoms with van der Waals surface area (Å²) in [5.41, 5.74) is -1.65. The van der Waals surface area contributed by atoms with E-state index >= 15 is 0 Å². The number of sulfonamides is 1. The van der Waals surface area contributed by atoms with E-state index < -0.39 is 27.1 Å². The van der Waals surface area contributed by atoms with E-state index in [2.05, 4.69) is 9.71 Å². The SMILES string of the molecule is CC(O)C(C)(C)NS(=O)(=O)c1c[nH]ccc1=O. The van der Waals surface area contributed by atoms with E-state index in [-0.39, 0.29) is 4.90 Å². The van der Waals surface area contributed by atoms with Crippen LogP contribution in [0, 0.1) is 0 Å². The molecule has 0 aliphatic rings. The molecule has 96 valence electrons. The van der Waals surface area contributed by atoms with E-state index in [0.29, 0.717) is 0 Å². The maximum absolute atomic E-state index is 11.9. The molecule has 0 radical (unpaired) electrons. The monoisotopic (exact) mass is 260 g/mol. The Morgan fingerprint density at radius 3 is 2.53 bits per heavy atom. The van der Waals surface area contributed by atoms with Crippen LogP contribution >= 0.6 is 0 Å². The molecule has 1 aromatic heterocycles. The standard InChI is InChI=1S/C10H16N2O4S/c1-7(13)10(2,3)12-17(15,16)9-6-11-5-4-8(9)14/h4-7,12-13H,1-3H3,(H,11,14). The second-order valence-electron chi connectivity index (χ2n) is 4.38. The van der Waals surface area contributed by atoms with Gasteiger partial charge in [-0.05, 0) is 20.8 Å². The van der Waals surface area contributed by atoms with E-state index in [1.807, 2.05) is 0 Å². The van der Waals surface area contributed by atoms with Gasteiger partial charge in [-0.15, -0.1) is 0 Å². The van der Waals surface area contributed by atoms with Gasteiger partial charge in [-0.1, -0.05) is 0 Å². The van der Waals surface area contributed by atoms with Gasteiger partial charge in [0.1, 0.15) is 4.90 Å². The first-order chi connectivity index (χ1) is 7.67. The molecule has 0 saturated heterocycles. The zero-order valence-electron chi connectivity index (χ0n) is 9.89. The lowest BCUT2D eigenvalue weighted by Crippen LogP contribution is -2.51. The van der Waals surface area contributed by atoms with Gasteiger partial charge in [-0.25, -0.2) is 13.1 Å². The molecule has 0 bridgehead atoms. The average molecular weight is 260 g/mol. The first kappa shape index (κ1) is 13.9. The van der Waals surface area contributed by atoms with Gasteiger partial charge in [0, 0.05) is 18.5 Å². The molecule has 1 unspecified atom stereocenters. The van der Waals surface area contributed by atoms with Crippen molar-refractivity contribution in [3.05, 3.63) is 28.7 Å². The van der Waals surface area contributed by atoms with Crippen LogP contribution in [0.1, 0.15) is 20.8 Å². The van der Waals surface area contributed by atoms with Gasteiger partial charge in [0.2, 0.25) is 15.5 Å². The molecule has 0 fully saturated rings. The quantitative estimate of drug-likeness (QED) is 0.699. The maximum atomic E-state index is 11.9. The number of hydrogen-bond acceptors (Lipinski definition) is 4. The molecule has 1 atom stereocenters. The van der Waals surface area contributed by atoms with Crippen LogP contribution in [-0.2, 0) is 10.0 Å². The summed E-state index contributed by atoms with van der Waals surface area (Å²) in [7, 11) is -3.95. The lowest BCUT2D eigenvalue weighted by molar-refractivity contribution is 0.111. The van der Waals surface area contributed by atoms with Crippen molar-refractivity contribution < 1.29 is 13.5 Å². The molecule has 1 rings (SSSR count). The van der Waals surface area contributed by atoms with Gasteiger partial charge in [-0.3, -0.25) is 4.79 Å². The number of aliphatic hydroxyl groups excluding tert-OH is 1. The number of aliphatic hydroxyl groups is 1. The molecule has 1 heterocycles. The third-order valence-corrected chi connectivity index (χ3v) is 4.21. The lowest BCUT2D eigenvalue weighted by atomic mass is 10.0. The zero-order chi connectivity index (χ0) is 13.3. The second kappa shape index (κ2) is 4.59. The van der Waals surface area contributed by atoms with E-state index in [9.17, 15) is 18.3 Å². The molecule has 0 spiro atoms. The average Bonchev–Trinajstić information content (AvgIpc) is 2.16. The van der Waals surface area contributed by atoms with Gasteiger partial charge in [0.25, 0.3) is 0 Å². The van der Waals surface area contributed by atoms with Crippen LogP contribution in [0.3, 0.4) is 0 Å². The van der Waals surface area contributed by atoms with E-state index in [0.717, 1.165) is 12.3 Å². The Bertz CT molecular complexity index is 545. The van der Waals surface area contributed by atoms with Gasteiger partial charge in [0.05, 0.1) is 11.6 Å². The summed E-state index contributed by atoms with van der Waals surface area (Å²) in [6.45, 7) is 4.54.